The van der Waals surface area contributed by atoms with Crippen molar-refractivity contribution in [2.24, 2.45) is 5.41 Å². The minimum atomic E-state index is -1.07. The first-order chi connectivity index (χ1) is 25.5. The number of aliphatic carboxylic acids is 1. The van der Waals surface area contributed by atoms with Gasteiger partial charge >= 0.3 is 0 Å². The van der Waals surface area contributed by atoms with Crippen LogP contribution in [0.25, 0.3) is 22.0 Å². The van der Waals surface area contributed by atoms with Gasteiger partial charge in [-0.05, 0) is 67.3 Å². The Morgan fingerprint density at radius 3 is 2.06 bits per heavy atom. The predicted molar refractivity (Wildman–Crippen MR) is 211 cm³/mol. The smallest absolute Gasteiger partial charge is 0.213 e. The molecule has 54 heavy (non-hydrogen) atoms. The van der Waals surface area contributed by atoms with Gasteiger partial charge in [-0.3, -0.25) is 9.47 Å². The van der Waals surface area contributed by atoms with Crippen LogP contribution in [0.1, 0.15) is 64.1 Å². The fourth-order valence-electron chi connectivity index (χ4n) is 5.36. The summed E-state index contributed by atoms with van der Waals surface area (Å²) in [5.74, 6) is 0.277. The molecule has 0 bridgehead atoms. The zero-order valence-electron chi connectivity index (χ0n) is 32.6. The van der Waals surface area contributed by atoms with E-state index in [0.717, 1.165) is 55.2 Å². The Hall–Kier alpha value is -4.46. The van der Waals surface area contributed by atoms with E-state index in [-0.39, 0.29) is 29.4 Å². The first-order valence-corrected chi connectivity index (χ1v) is 18.8. The second-order valence-electron chi connectivity index (χ2n) is 15.3. The van der Waals surface area contributed by atoms with Crippen LogP contribution in [-0.2, 0) is 24.4 Å². The van der Waals surface area contributed by atoms with Crippen molar-refractivity contribution in [3.8, 4) is 22.8 Å². The van der Waals surface area contributed by atoms with Crippen molar-refractivity contribution < 1.29 is 39.2 Å². The molecule has 2 aromatic carbocycles. The number of pyridine rings is 2. The Morgan fingerprint density at radius 1 is 0.870 bits per heavy atom. The zero-order chi connectivity index (χ0) is 39.7. The summed E-state index contributed by atoms with van der Waals surface area (Å²) in [7, 11) is 1.54. The van der Waals surface area contributed by atoms with Gasteiger partial charge in [-0.15, -0.1) is 11.8 Å². The number of aliphatic hydroxyl groups is 3. The number of aromatic nitrogens is 3. The standard InChI is InChI=1S/C38H43N3O4S.C4H12NO3/c1-8-44-34-18-14-28(22-40-34)27-12-10-26(11-13-27)23-41-32-17-16-30(45-24-29-15-9-25(2)21-39-29)19-31(32)35(46-37(3,4)5)33(41)20-38(6,7)36(42)43;1-5(2-6,3-7)4-8/h9-19,21-22H,8,20,23-24H2,1-7H3,(H,42,43);6-8H,2-4H2,1H3/q;+1/p-1. The molecule has 0 aliphatic rings. The van der Waals surface area contributed by atoms with Crippen LogP contribution < -0.4 is 14.6 Å². The maximum Gasteiger partial charge on any atom is 0.213 e. The first-order valence-electron chi connectivity index (χ1n) is 18.0. The molecule has 0 saturated heterocycles. The number of ether oxygens (including phenoxy) is 2. The van der Waals surface area contributed by atoms with Crippen molar-refractivity contribution in [1.82, 2.24) is 14.5 Å². The highest BCUT2D eigenvalue weighted by Crippen LogP contribution is 2.44. The number of aliphatic hydroxyl groups excluding tert-OH is 3. The summed E-state index contributed by atoms with van der Waals surface area (Å²) in [6.45, 7) is 14.7. The van der Waals surface area contributed by atoms with Crippen LogP contribution in [0.4, 0.5) is 0 Å². The van der Waals surface area contributed by atoms with Crippen LogP contribution >= 0.6 is 11.8 Å². The van der Waals surface area contributed by atoms with Crippen LogP contribution in [0, 0.1) is 12.3 Å². The largest absolute Gasteiger partial charge is 0.550 e. The predicted octanol–water partition coefficient (Wildman–Crippen LogP) is 5.92. The molecular formula is C42H54N4O7S. The second kappa shape index (κ2) is 18.2. The van der Waals surface area contributed by atoms with E-state index in [1.807, 2.05) is 56.6 Å². The molecule has 3 heterocycles. The summed E-state index contributed by atoms with van der Waals surface area (Å²) in [6.07, 6.45) is 3.99. The highest BCUT2D eigenvalue weighted by Gasteiger charge is 2.29. The highest BCUT2D eigenvalue weighted by atomic mass is 32.2. The van der Waals surface area contributed by atoms with Crippen molar-refractivity contribution in [3.05, 3.63) is 102 Å². The fraction of sp³-hybridized carbons (Fsp3) is 0.405. The summed E-state index contributed by atoms with van der Waals surface area (Å²) in [4.78, 5) is 22.2. The number of carboxylic acid groups (broad SMARTS) is 1. The van der Waals surface area contributed by atoms with E-state index in [4.69, 9.17) is 24.8 Å². The Kier molecular flexibility index (Phi) is 14.3. The number of hydrogen-bond acceptors (Lipinski definition) is 10. The Morgan fingerprint density at radius 2 is 1.54 bits per heavy atom. The maximum atomic E-state index is 12.3. The first kappa shape index (κ1) is 42.3. The molecule has 290 valence electrons. The van der Waals surface area contributed by atoms with Crippen LogP contribution in [-0.4, -0.2) is 78.9 Å². The van der Waals surface area contributed by atoms with Crippen LogP contribution in [0.15, 0.2) is 84.0 Å². The molecule has 0 spiro atoms. The molecule has 5 rings (SSSR count). The van der Waals surface area contributed by atoms with Crippen LogP contribution in [0.5, 0.6) is 11.6 Å². The number of carboxylic acids is 1. The van der Waals surface area contributed by atoms with Gasteiger partial charge in [0.25, 0.3) is 0 Å². The average molecular weight is 759 g/mol. The van der Waals surface area contributed by atoms with Gasteiger partial charge in [-0.1, -0.05) is 65.0 Å². The maximum absolute atomic E-state index is 12.3. The third-order valence-electron chi connectivity index (χ3n) is 8.70. The highest BCUT2D eigenvalue weighted by molar-refractivity contribution is 8.00. The SMILES string of the molecule is CCOc1ccc(-c2ccc(Cn3c(CC(C)(C)C(=O)[O-])c(SC(C)(C)C)c4cc(OCc5ccc(C)cn5)ccc43)cc2)cn1.C[N+](CO)(CO)CO. The lowest BCUT2D eigenvalue weighted by Crippen LogP contribution is -2.46. The van der Waals surface area contributed by atoms with E-state index in [1.54, 1.807) is 32.7 Å². The number of carbonyl (C=O) groups is 1. The molecule has 0 unspecified atom stereocenters. The van der Waals surface area contributed by atoms with Gasteiger partial charge in [-0.2, -0.15) is 0 Å². The summed E-state index contributed by atoms with van der Waals surface area (Å²) in [5.41, 5.74) is 6.06. The van der Waals surface area contributed by atoms with E-state index in [0.29, 0.717) is 32.1 Å². The van der Waals surface area contributed by atoms with Crippen molar-refractivity contribution in [2.45, 2.75) is 77.7 Å². The number of thioether (sulfide) groups is 1. The lowest BCUT2D eigenvalue weighted by Gasteiger charge is -2.28. The van der Waals surface area contributed by atoms with Crippen molar-refractivity contribution >= 4 is 28.6 Å². The Balaban J connectivity index is 0.000000730. The lowest BCUT2D eigenvalue weighted by atomic mass is 9.88. The minimum absolute atomic E-state index is 0.116. The lowest BCUT2D eigenvalue weighted by molar-refractivity contribution is -0.959. The molecule has 0 saturated carbocycles. The molecule has 0 fully saturated rings. The number of aryl methyl sites for hydroxylation is 1. The molecule has 0 aliphatic heterocycles. The summed E-state index contributed by atoms with van der Waals surface area (Å²) in [6, 6.07) is 22.5. The van der Waals surface area contributed by atoms with E-state index in [2.05, 4.69) is 71.7 Å². The normalized spacial score (nSPS) is 12.0. The van der Waals surface area contributed by atoms with Gasteiger partial charge in [0, 0.05) is 68.2 Å². The van der Waals surface area contributed by atoms with Gasteiger partial charge in [0.05, 0.1) is 19.3 Å². The minimum Gasteiger partial charge on any atom is -0.550 e. The van der Waals surface area contributed by atoms with E-state index in [9.17, 15) is 9.90 Å². The molecule has 0 aliphatic carbocycles. The van der Waals surface area contributed by atoms with Crippen molar-refractivity contribution in [2.75, 3.05) is 33.8 Å². The van der Waals surface area contributed by atoms with Crippen molar-refractivity contribution in [3.63, 3.8) is 0 Å². The number of quaternary nitrogens is 1. The topological polar surface area (TPSA) is 150 Å². The number of benzene rings is 2. The number of hydrogen-bond donors (Lipinski definition) is 3. The Bertz CT molecular complexity index is 1960. The van der Waals surface area contributed by atoms with Gasteiger partial charge < -0.3 is 39.3 Å². The van der Waals surface area contributed by atoms with E-state index < -0.39 is 11.4 Å². The van der Waals surface area contributed by atoms with Gasteiger partial charge in [0.15, 0.2) is 20.2 Å². The van der Waals surface area contributed by atoms with Gasteiger partial charge in [0.2, 0.25) is 5.88 Å². The van der Waals surface area contributed by atoms with E-state index >= 15 is 0 Å². The molecular weight excluding hydrogens is 705 g/mol. The molecule has 11 nitrogen and oxygen atoms in total. The molecule has 3 aromatic heterocycles. The molecule has 12 heteroatoms. The number of carbonyl (C=O) groups excluding carboxylic acids is 1. The quantitative estimate of drug-likeness (QED) is 0.0667. The average Bonchev–Trinajstić information content (AvgIpc) is 3.40. The van der Waals surface area contributed by atoms with E-state index in [1.165, 1.54) is 0 Å². The molecule has 0 radical (unpaired) electrons. The Labute approximate surface area is 322 Å². The molecule has 3 N–H and O–H groups in total. The van der Waals surface area contributed by atoms with Crippen LogP contribution in [0.3, 0.4) is 0 Å². The number of rotatable bonds is 15. The van der Waals surface area contributed by atoms with Crippen LogP contribution in [0.2, 0.25) is 0 Å². The molecule has 5 aromatic rings. The third kappa shape index (κ3) is 11.3. The summed E-state index contributed by atoms with van der Waals surface area (Å²) < 4.78 is 13.7. The fourth-order valence-corrected chi connectivity index (χ4v) is 6.54. The van der Waals surface area contributed by atoms with Gasteiger partial charge in [-0.25, -0.2) is 4.98 Å². The second-order valence-corrected chi connectivity index (χ2v) is 17.1. The zero-order valence-corrected chi connectivity index (χ0v) is 33.4. The molecule has 0 atom stereocenters. The van der Waals surface area contributed by atoms with Crippen molar-refractivity contribution in [1.29, 1.82) is 0 Å². The monoisotopic (exact) mass is 758 g/mol. The molecule has 0 amide bonds. The van der Waals surface area contributed by atoms with Gasteiger partial charge in [0.1, 0.15) is 12.4 Å². The number of nitrogens with zero attached hydrogens (tertiary/aromatic N) is 4. The third-order valence-corrected chi connectivity index (χ3v) is 9.97. The summed E-state index contributed by atoms with van der Waals surface area (Å²) in [5, 5.41) is 38.6. The number of fused-ring (bicyclic) bond motifs is 1. The summed E-state index contributed by atoms with van der Waals surface area (Å²) >= 11 is 1.75.